The highest BCUT2D eigenvalue weighted by Gasteiger charge is 2.07. The summed E-state index contributed by atoms with van der Waals surface area (Å²) in [6.45, 7) is 2.06. The van der Waals surface area contributed by atoms with Crippen molar-refractivity contribution in [1.29, 1.82) is 0 Å². The van der Waals surface area contributed by atoms with E-state index >= 15 is 0 Å². The molecule has 1 aromatic rings. The lowest BCUT2D eigenvalue weighted by Crippen LogP contribution is -1.90. The van der Waals surface area contributed by atoms with Gasteiger partial charge in [-0.3, -0.25) is 0 Å². The highest BCUT2D eigenvalue weighted by Crippen LogP contribution is 2.27. The maximum Gasteiger partial charge on any atom is 0.101 e. The van der Waals surface area contributed by atoms with Gasteiger partial charge in [0.05, 0.1) is 0 Å². The van der Waals surface area contributed by atoms with E-state index in [1.807, 2.05) is 0 Å². The average Bonchev–Trinajstić information content (AvgIpc) is 2.19. The monoisotopic (exact) mass is 188 g/mol. The Kier molecular flexibility index (Phi) is 2.49. The van der Waals surface area contributed by atoms with E-state index in [0.29, 0.717) is 6.42 Å². The molecule has 0 radical (unpaired) electrons. The molecular formula is C13H13F. The maximum atomic E-state index is 13.0. The second-order valence-electron chi connectivity index (χ2n) is 3.66. The molecule has 0 heterocycles. The molecule has 0 amide bonds. The van der Waals surface area contributed by atoms with Crippen LogP contribution in [-0.4, -0.2) is 0 Å². The second-order valence-corrected chi connectivity index (χ2v) is 3.66. The van der Waals surface area contributed by atoms with Gasteiger partial charge < -0.3 is 0 Å². The Morgan fingerprint density at radius 1 is 1.07 bits per heavy atom. The normalized spacial score (nSPS) is 16.1. The average molecular weight is 188 g/mol. The summed E-state index contributed by atoms with van der Waals surface area (Å²) in [6.07, 6.45) is 4.89. The molecule has 0 saturated heterocycles. The lowest BCUT2D eigenvalue weighted by Gasteiger charge is -2.10. The van der Waals surface area contributed by atoms with Gasteiger partial charge in [-0.1, -0.05) is 35.9 Å². The largest absolute Gasteiger partial charge is 0.212 e. The van der Waals surface area contributed by atoms with Gasteiger partial charge in [0.1, 0.15) is 5.83 Å². The van der Waals surface area contributed by atoms with Gasteiger partial charge in [-0.25, -0.2) is 4.39 Å². The second kappa shape index (κ2) is 3.79. The summed E-state index contributed by atoms with van der Waals surface area (Å²) in [5.74, 6) is -0.0110. The number of aryl methyl sites for hydroxylation is 1. The van der Waals surface area contributed by atoms with E-state index < -0.39 is 0 Å². The van der Waals surface area contributed by atoms with Crippen LogP contribution in [0, 0.1) is 6.92 Å². The smallest absolute Gasteiger partial charge is 0.101 e. The minimum absolute atomic E-state index is 0.0110. The van der Waals surface area contributed by atoms with E-state index in [4.69, 9.17) is 0 Å². The van der Waals surface area contributed by atoms with E-state index in [-0.39, 0.29) is 5.83 Å². The molecule has 0 bridgehead atoms. The molecule has 14 heavy (non-hydrogen) atoms. The van der Waals surface area contributed by atoms with Crippen molar-refractivity contribution in [3.05, 3.63) is 53.4 Å². The SMILES string of the molecule is Cc1ccc(C2=CCC=C(F)C2)cc1. The first kappa shape index (κ1) is 9.20. The van der Waals surface area contributed by atoms with Gasteiger partial charge in [0.15, 0.2) is 0 Å². The van der Waals surface area contributed by atoms with E-state index in [0.717, 1.165) is 17.6 Å². The molecule has 0 fully saturated rings. The Morgan fingerprint density at radius 3 is 2.43 bits per heavy atom. The molecule has 1 aromatic carbocycles. The predicted molar refractivity (Wildman–Crippen MR) is 57.6 cm³/mol. The highest BCUT2D eigenvalue weighted by molar-refractivity contribution is 5.68. The Bertz CT molecular complexity index is 382. The number of hydrogen-bond acceptors (Lipinski definition) is 0. The third-order valence-electron chi connectivity index (χ3n) is 2.49. The van der Waals surface area contributed by atoms with Crippen molar-refractivity contribution in [2.75, 3.05) is 0 Å². The Morgan fingerprint density at radius 2 is 1.79 bits per heavy atom. The van der Waals surface area contributed by atoms with Crippen LogP contribution in [0.1, 0.15) is 24.0 Å². The number of halogens is 1. The number of benzene rings is 1. The van der Waals surface area contributed by atoms with Crippen LogP contribution in [0.15, 0.2) is 42.2 Å². The van der Waals surface area contributed by atoms with Crippen LogP contribution in [-0.2, 0) is 0 Å². The zero-order valence-corrected chi connectivity index (χ0v) is 8.26. The van der Waals surface area contributed by atoms with Gasteiger partial charge in [-0.05, 0) is 30.6 Å². The molecule has 0 atom stereocenters. The summed E-state index contributed by atoms with van der Waals surface area (Å²) >= 11 is 0. The standard InChI is InChI=1S/C13H13F/c1-10-5-7-11(8-6-10)12-3-2-4-13(14)9-12/h3-8H,2,9H2,1H3. The van der Waals surface area contributed by atoms with Gasteiger partial charge >= 0.3 is 0 Å². The first-order valence-electron chi connectivity index (χ1n) is 4.86. The summed E-state index contributed by atoms with van der Waals surface area (Å²) in [6, 6.07) is 8.23. The molecule has 0 aromatic heterocycles. The molecule has 0 unspecified atom stereocenters. The molecule has 2 rings (SSSR count). The van der Waals surface area contributed by atoms with Gasteiger partial charge in [0.2, 0.25) is 0 Å². The van der Waals surface area contributed by atoms with E-state index in [2.05, 4.69) is 37.3 Å². The van der Waals surface area contributed by atoms with Crippen molar-refractivity contribution >= 4 is 5.57 Å². The molecule has 0 spiro atoms. The molecule has 0 N–H and O–H groups in total. The molecule has 72 valence electrons. The van der Waals surface area contributed by atoms with Crippen LogP contribution in [0.4, 0.5) is 4.39 Å². The van der Waals surface area contributed by atoms with E-state index in [1.54, 1.807) is 6.08 Å². The van der Waals surface area contributed by atoms with E-state index in [1.165, 1.54) is 5.56 Å². The predicted octanol–water partition coefficient (Wildman–Crippen LogP) is 4.03. The summed E-state index contributed by atoms with van der Waals surface area (Å²) < 4.78 is 13.0. The number of allylic oxidation sites excluding steroid dienone is 4. The fourth-order valence-corrected chi connectivity index (χ4v) is 1.64. The fraction of sp³-hybridized carbons (Fsp3) is 0.231. The minimum Gasteiger partial charge on any atom is -0.212 e. The zero-order chi connectivity index (χ0) is 9.97. The quantitative estimate of drug-likeness (QED) is 0.624. The summed E-state index contributed by atoms with van der Waals surface area (Å²) in [5.41, 5.74) is 3.48. The molecule has 1 aliphatic rings. The topological polar surface area (TPSA) is 0 Å². The maximum absolute atomic E-state index is 13.0. The Labute approximate surface area is 83.8 Å². The third kappa shape index (κ3) is 1.92. The molecule has 0 nitrogen and oxygen atoms in total. The lowest BCUT2D eigenvalue weighted by molar-refractivity contribution is 0.613. The van der Waals surface area contributed by atoms with Crippen LogP contribution in [0.25, 0.3) is 5.57 Å². The van der Waals surface area contributed by atoms with Gasteiger partial charge in [0, 0.05) is 6.42 Å². The van der Waals surface area contributed by atoms with Crippen molar-refractivity contribution in [3.8, 4) is 0 Å². The van der Waals surface area contributed by atoms with Gasteiger partial charge in [-0.15, -0.1) is 0 Å². The Hall–Kier alpha value is -1.37. The summed E-state index contributed by atoms with van der Waals surface area (Å²) in [7, 11) is 0. The summed E-state index contributed by atoms with van der Waals surface area (Å²) in [5, 5.41) is 0. The number of hydrogen-bond donors (Lipinski definition) is 0. The van der Waals surface area contributed by atoms with E-state index in [9.17, 15) is 4.39 Å². The fourth-order valence-electron chi connectivity index (χ4n) is 1.64. The minimum atomic E-state index is -0.0110. The van der Waals surface area contributed by atoms with Crippen molar-refractivity contribution in [1.82, 2.24) is 0 Å². The zero-order valence-electron chi connectivity index (χ0n) is 8.26. The van der Waals surface area contributed by atoms with Crippen LogP contribution in [0.2, 0.25) is 0 Å². The Balaban J connectivity index is 2.24. The van der Waals surface area contributed by atoms with Crippen molar-refractivity contribution in [2.45, 2.75) is 19.8 Å². The van der Waals surface area contributed by atoms with Crippen LogP contribution >= 0.6 is 0 Å². The van der Waals surface area contributed by atoms with Crippen molar-refractivity contribution in [3.63, 3.8) is 0 Å². The molecule has 0 aliphatic heterocycles. The first-order valence-corrected chi connectivity index (χ1v) is 4.86. The van der Waals surface area contributed by atoms with Crippen LogP contribution < -0.4 is 0 Å². The van der Waals surface area contributed by atoms with Gasteiger partial charge in [0.25, 0.3) is 0 Å². The van der Waals surface area contributed by atoms with Crippen molar-refractivity contribution < 1.29 is 4.39 Å². The van der Waals surface area contributed by atoms with Crippen LogP contribution in [0.3, 0.4) is 0 Å². The molecule has 0 saturated carbocycles. The third-order valence-corrected chi connectivity index (χ3v) is 2.49. The van der Waals surface area contributed by atoms with Crippen LogP contribution in [0.5, 0.6) is 0 Å². The highest BCUT2D eigenvalue weighted by atomic mass is 19.1. The molecule has 1 aliphatic carbocycles. The number of rotatable bonds is 1. The van der Waals surface area contributed by atoms with Crippen molar-refractivity contribution in [2.24, 2.45) is 0 Å². The first-order chi connectivity index (χ1) is 6.75. The molecular weight excluding hydrogens is 175 g/mol. The summed E-state index contributed by atoms with van der Waals surface area (Å²) in [4.78, 5) is 0. The lowest BCUT2D eigenvalue weighted by atomic mass is 9.97. The molecule has 1 heteroatoms. The van der Waals surface area contributed by atoms with Gasteiger partial charge in [-0.2, -0.15) is 0 Å².